The standard InChI is InChI=1S/C16H11F4N5O2/c17-13-6-1-10(16(18,19)20)7-14(13)22-15(26)8-27-12-4-2-11(3-5-12)25-9-21-23-24-25/h1-7,9H,8H2,(H,22,26). The predicted molar refractivity (Wildman–Crippen MR) is 84.7 cm³/mol. The van der Waals surface area contributed by atoms with E-state index in [1.165, 1.54) is 11.0 Å². The molecule has 3 rings (SSSR count). The maximum atomic E-state index is 13.6. The molecule has 0 unspecified atom stereocenters. The fourth-order valence-corrected chi connectivity index (χ4v) is 2.11. The number of aromatic nitrogens is 4. The number of benzene rings is 2. The van der Waals surface area contributed by atoms with E-state index in [1.54, 1.807) is 24.3 Å². The van der Waals surface area contributed by atoms with Gasteiger partial charge in [-0.05, 0) is 52.9 Å². The molecule has 0 aliphatic carbocycles. The number of tetrazole rings is 1. The van der Waals surface area contributed by atoms with Gasteiger partial charge < -0.3 is 10.1 Å². The van der Waals surface area contributed by atoms with E-state index in [9.17, 15) is 22.4 Å². The van der Waals surface area contributed by atoms with Gasteiger partial charge >= 0.3 is 6.18 Å². The van der Waals surface area contributed by atoms with Crippen LogP contribution in [0.4, 0.5) is 23.2 Å². The Morgan fingerprint density at radius 3 is 2.52 bits per heavy atom. The van der Waals surface area contributed by atoms with Gasteiger partial charge in [-0.1, -0.05) is 0 Å². The van der Waals surface area contributed by atoms with Gasteiger partial charge in [0.15, 0.2) is 6.61 Å². The van der Waals surface area contributed by atoms with Crippen LogP contribution in [0.25, 0.3) is 5.69 Å². The molecule has 140 valence electrons. The monoisotopic (exact) mass is 381 g/mol. The third kappa shape index (κ3) is 4.57. The molecule has 0 saturated carbocycles. The van der Waals surface area contributed by atoms with E-state index in [-0.39, 0.29) is 0 Å². The number of nitrogens with one attached hydrogen (secondary N) is 1. The molecule has 0 bridgehead atoms. The van der Waals surface area contributed by atoms with Gasteiger partial charge in [-0.3, -0.25) is 4.79 Å². The number of carbonyl (C=O) groups excluding carboxylic acids is 1. The number of amides is 1. The molecule has 11 heteroatoms. The van der Waals surface area contributed by atoms with Crippen LogP contribution in [0.15, 0.2) is 48.8 Å². The molecule has 1 N–H and O–H groups in total. The first-order valence-electron chi connectivity index (χ1n) is 7.46. The molecule has 2 aromatic carbocycles. The van der Waals surface area contributed by atoms with E-state index in [2.05, 4.69) is 20.8 Å². The highest BCUT2D eigenvalue weighted by Crippen LogP contribution is 2.31. The number of halogens is 4. The number of rotatable bonds is 5. The van der Waals surface area contributed by atoms with Gasteiger partial charge in [0, 0.05) is 0 Å². The molecule has 27 heavy (non-hydrogen) atoms. The molecule has 7 nitrogen and oxygen atoms in total. The first-order valence-corrected chi connectivity index (χ1v) is 7.46. The lowest BCUT2D eigenvalue weighted by molar-refractivity contribution is -0.137. The minimum atomic E-state index is -4.65. The van der Waals surface area contributed by atoms with Crippen molar-refractivity contribution in [3.05, 3.63) is 60.2 Å². The lowest BCUT2D eigenvalue weighted by atomic mass is 10.2. The minimum Gasteiger partial charge on any atom is -0.484 e. The first-order chi connectivity index (χ1) is 12.8. The molecule has 1 amide bonds. The molecule has 3 aromatic rings. The van der Waals surface area contributed by atoms with Crippen LogP contribution in [0.2, 0.25) is 0 Å². The van der Waals surface area contributed by atoms with Crippen molar-refractivity contribution in [2.45, 2.75) is 6.18 Å². The van der Waals surface area contributed by atoms with Crippen LogP contribution in [0.5, 0.6) is 5.75 Å². The van der Waals surface area contributed by atoms with Crippen LogP contribution < -0.4 is 10.1 Å². The maximum Gasteiger partial charge on any atom is 0.416 e. The lowest BCUT2D eigenvalue weighted by Gasteiger charge is -2.11. The van der Waals surface area contributed by atoms with Crippen molar-refractivity contribution in [2.24, 2.45) is 0 Å². The second-order valence-corrected chi connectivity index (χ2v) is 5.28. The summed E-state index contributed by atoms with van der Waals surface area (Å²) in [7, 11) is 0. The molecule has 0 saturated heterocycles. The zero-order valence-electron chi connectivity index (χ0n) is 13.4. The van der Waals surface area contributed by atoms with Crippen molar-refractivity contribution >= 4 is 11.6 Å². The predicted octanol–water partition coefficient (Wildman–Crippen LogP) is 2.84. The van der Waals surface area contributed by atoms with Crippen LogP contribution >= 0.6 is 0 Å². The summed E-state index contributed by atoms with van der Waals surface area (Å²) in [5, 5.41) is 12.8. The molecule has 0 atom stereocenters. The molecule has 0 fully saturated rings. The molecular formula is C16H11F4N5O2. The number of alkyl halides is 3. The summed E-state index contributed by atoms with van der Waals surface area (Å²) < 4.78 is 58.3. The van der Waals surface area contributed by atoms with E-state index in [4.69, 9.17) is 4.74 Å². The topological polar surface area (TPSA) is 81.9 Å². The zero-order chi connectivity index (χ0) is 19.4. The maximum absolute atomic E-state index is 13.6. The SMILES string of the molecule is O=C(COc1ccc(-n2cnnn2)cc1)Nc1cc(C(F)(F)F)ccc1F. The minimum absolute atomic E-state index is 0.325. The van der Waals surface area contributed by atoms with Crippen molar-refractivity contribution < 1.29 is 27.1 Å². The average Bonchev–Trinajstić information content (AvgIpc) is 3.16. The van der Waals surface area contributed by atoms with E-state index in [1.807, 2.05) is 0 Å². The highest BCUT2D eigenvalue weighted by atomic mass is 19.4. The van der Waals surface area contributed by atoms with E-state index >= 15 is 0 Å². The van der Waals surface area contributed by atoms with Crippen molar-refractivity contribution in [1.29, 1.82) is 0 Å². The van der Waals surface area contributed by atoms with Crippen LogP contribution in [0, 0.1) is 5.82 Å². The Labute approximate surface area is 149 Å². The second-order valence-electron chi connectivity index (χ2n) is 5.28. The molecule has 1 heterocycles. The van der Waals surface area contributed by atoms with E-state index in [0.29, 0.717) is 29.6 Å². The quantitative estimate of drug-likeness (QED) is 0.688. The summed E-state index contributed by atoms with van der Waals surface area (Å²) in [4.78, 5) is 11.8. The number of hydrogen-bond acceptors (Lipinski definition) is 5. The van der Waals surface area contributed by atoms with Crippen molar-refractivity contribution in [1.82, 2.24) is 20.2 Å². The Bertz CT molecular complexity index is 927. The number of hydrogen-bond donors (Lipinski definition) is 1. The second kappa shape index (κ2) is 7.40. The van der Waals surface area contributed by atoms with Gasteiger partial charge in [0.2, 0.25) is 0 Å². The number of carbonyl (C=O) groups is 1. The molecule has 0 aliphatic rings. The highest BCUT2D eigenvalue weighted by molar-refractivity contribution is 5.92. The van der Waals surface area contributed by atoms with Gasteiger partial charge in [-0.15, -0.1) is 5.10 Å². The van der Waals surface area contributed by atoms with Crippen LogP contribution in [0.3, 0.4) is 0 Å². The van der Waals surface area contributed by atoms with Crippen LogP contribution in [0.1, 0.15) is 5.56 Å². The Kier molecular flexibility index (Phi) is 5.01. The summed E-state index contributed by atoms with van der Waals surface area (Å²) in [5.74, 6) is -1.47. The Morgan fingerprint density at radius 2 is 1.89 bits per heavy atom. The molecule has 0 radical (unpaired) electrons. The fraction of sp³-hybridized carbons (Fsp3) is 0.125. The van der Waals surface area contributed by atoms with Gasteiger partial charge in [0.25, 0.3) is 5.91 Å². The average molecular weight is 381 g/mol. The van der Waals surface area contributed by atoms with Gasteiger partial charge in [0.05, 0.1) is 16.9 Å². The smallest absolute Gasteiger partial charge is 0.416 e. The summed E-state index contributed by atoms with van der Waals surface area (Å²) in [6.07, 6.45) is -3.25. The number of ether oxygens (including phenoxy) is 1. The molecule has 1 aromatic heterocycles. The normalized spacial score (nSPS) is 11.3. The lowest BCUT2D eigenvalue weighted by Crippen LogP contribution is -2.21. The summed E-state index contributed by atoms with van der Waals surface area (Å²) in [6, 6.07) is 8.12. The van der Waals surface area contributed by atoms with Gasteiger partial charge in [-0.2, -0.15) is 13.2 Å². The highest BCUT2D eigenvalue weighted by Gasteiger charge is 2.31. The van der Waals surface area contributed by atoms with Crippen molar-refractivity contribution in [3.63, 3.8) is 0 Å². The molecule has 0 spiro atoms. The van der Waals surface area contributed by atoms with E-state index < -0.39 is 35.8 Å². The third-order valence-electron chi connectivity index (χ3n) is 3.39. The van der Waals surface area contributed by atoms with Crippen molar-refractivity contribution in [2.75, 3.05) is 11.9 Å². The summed E-state index contributed by atoms with van der Waals surface area (Å²) in [5.41, 5.74) is -0.992. The number of nitrogens with zero attached hydrogens (tertiary/aromatic N) is 4. The van der Waals surface area contributed by atoms with Gasteiger partial charge in [-0.25, -0.2) is 9.07 Å². The van der Waals surface area contributed by atoms with E-state index in [0.717, 1.165) is 0 Å². The van der Waals surface area contributed by atoms with Crippen LogP contribution in [-0.2, 0) is 11.0 Å². The molecule has 0 aliphatic heterocycles. The van der Waals surface area contributed by atoms with Gasteiger partial charge in [0.1, 0.15) is 17.9 Å². The Hall–Kier alpha value is -3.50. The first kappa shape index (κ1) is 18.3. The summed E-state index contributed by atoms with van der Waals surface area (Å²) >= 11 is 0. The van der Waals surface area contributed by atoms with Crippen LogP contribution in [-0.4, -0.2) is 32.7 Å². The Morgan fingerprint density at radius 1 is 1.15 bits per heavy atom. The molecular weight excluding hydrogens is 370 g/mol. The number of anilines is 1. The fourth-order valence-electron chi connectivity index (χ4n) is 2.11. The Balaban J connectivity index is 1.60. The van der Waals surface area contributed by atoms with Crippen molar-refractivity contribution in [3.8, 4) is 11.4 Å². The third-order valence-corrected chi connectivity index (χ3v) is 3.39. The summed E-state index contributed by atoms with van der Waals surface area (Å²) in [6.45, 7) is -0.514. The zero-order valence-corrected chi connectivity index (χ0v) is 13.4. The largest absolute Gasteiger partial charge is 0.484 e.